The van der Waals surface area contributed by atoms with Gasteiger partial charge >= 0.3 is 5.97 Å². The Morgan fingerprint density at radius 2 is 2.05 bits per heavy atom. The molecule has 0 spiro atoms. The summed E-state index contributed by atoms with van der Waals surface area (Å²) in [6.07, 6.45) is 2.98. The van der Waals surface area contributed by atoms with Crippen LogP contribution in [-0.4, -0.2) is 31.3 Å². The third kappa shape index (κ3) is 2.29. The van der Waals surface area contributed by atoms with Crippen LogP contribution >= 0.6 is 0 Å². The Morgan fingerprint density at radius 3 is 2.65 bits per heavy atom. The molecule has 1 aromatic carbocycles. The maximum atomic E-state index is 11.4. The topological polar surface area (TPSA) is 80.9 Å². The zero-order chi connectivity index (χ0) is 14.0. The average molecular weight is 272 g/mol. The lowest BCUT2D eigenvalue weighted by Crippen LogP contribution is -2.42. The lowest BCUT2D eigenvalue weighted by Gasteiger charge is -2.37. The number of hydrogen-bond acceptors (Lipinski definition) is 4. The van der Waals surface area contributed by atoms with Crippen molar-refractivity contribution in [3.63, 3.8) is 0 Å². The first kappa shape index (κ1) is 12.8. The Kier molecular flexibility index (Phi) is 3.22. The molecule has 1 aliphatic carbocycles. The highest BCUT2D eigenvalue weighted by Crippen LogP contribution is 2.42. The van der Waals surface area contributed by atoms with Crippen molar-refractivity contribution in [3.8, 4) is 0 Å². The zero-order valence-electron chi connectivity index (χ0n) is 11.1. The fraction of sp³-hybridized carbons (Fsp3) is 0.429. The van der Waals surface area contributed by atoms with Crippen molar-refractivity contribution in [2.75, 3.05) is 0 Å². The smallest absolute Gasteiger partial charge is 0.311 e. The van der Waals surface area contributed by atoms with E-state index in [1.165, 1.54) is 0 Å². The summed E-state index contributed by atoms with van der Waals surface area (Å²) in [6.45, 7) is 0.359. The van der Waals surface area contributed by atoms with Crippen LogP contribution in [0.4, 0.5) is 0 Å². The number of tetrazole rings is 1. The molecule has 3 rings (SSSR count). The second kappa shape index (κ2) is 5.03. The van der Waals surface area contributed by atoms with Crippen LogP contribution in [0.5, 0.6) is 0 Å². The maximum absolute atomic E-state index is 11.4. The third-order valence-corrected chi connectivity index (χ3v) is 4.03. The maximum Gasteiger partial charge on any atom is 0.311 e. The van der Waals surface area contributed by atoms with Gasteiger partial charge in [-0.3, -0.25) is 4.79 Å². The molecule has 1 aromatic heterocycles. The van der Waals surface area contributed by atoms with Crippen molar-refractivity contribution in [1.82, 2.24) is 20.2 Å². The van der Waals surface area contributed by atoms with Crippen molar-refractivity contribution in [2.45, 2.75) is 32.2 Å². The van der Waals surface area contributed by atoms with Crippen LogP contribution < -0.4 is 0 Å². The highest BCUT2D eigenvalue weighted by molar-refractivity contribution is 5.75. The van der Waals surface area contributed by atoms with Gasteiger partial charge in [-0.1, -0.05) is 36.8 Å². The Hall–Kier alpha value is -2.24. The predicted molar refractivity (Wildman–Crippen MR) is 71.0 cm³/mol. The molecule has 2 aromatic rings. The van der Waals surface area contributed by atoms with Gasteiger partial charge in [-0.25, -0.2) is 4.68 Å². The molecule has 6 nitrogen and oxygen atoms in total. The van der Waals surface area contributed by atoms with E-state index in [2.05, 4.69) is 15.5 Å². The molecule has 0 bridgehead atoms. The van der Waals surface area contributed by atoms with E-state index in [9.17, 15) is 9.90 Å². The molecule has 1 aliphatic rings. The van der Waals surface area contributed by atoms with E-state index >= 15 is 0 Å². The number of rotatable bonds is 5. The Morgan fingerprint density at radius 1 is 1.30 bits per heavy atom. The Bertz CT molecular complexity index is 605. The van der Waals surface area contributed by atoms with Gasteiger partial charge in [0.15, 0.2) is 5.82 Å². The van der Waals surface area contributed by atoms with E-state index in [1.54, 1.807) is 4.68 Å². The molecule has 20 heavy (non-hydrogen) atoms. The predicted octanol–water partition coefficient (Wildman–Crippen LogP) is 1.52. The van der Waals surface area contributed by atoms with Crippen molar-refractivity contribution in [2.24, 2.45) is 5.41 Å². The molecule has 0 saturated heterocycles. The summed E-state index contributed by atoms with van der Waals surface area (Å²) in [6, 6.07) is 9.91. The van der Waals surface area contributed by atoms with Gasteiger partial charge < -0.3 is 5.11 Å². The number of hydrogen-bond donors (Lipinski definition) is 1. The number of aliphatic carboxylic acids is 1. The van der Waals surface area contributed by atoms with Gasteiger partial charge in [-0.05, 0) is 28.8 Å². The normalized spacial score (nSPS) is 16.6. The number of aromatic nitrogens is 4. The molecule has 1 fully saturated rings. The molecule has 1 saturated carbocycles. The van der Waals surface area contributed by atoms with Gasteiger partial charge in [-0.15, -0.1) is 5.10 Å². The van der Waals surface area contributed by atoms with Gasteiger partial charge in [0.05, 0.1) is 12.0 Å². The Labute approximate surface area is 116 Å². The minimum Gasteiger partial charge on any atom is -0.481 e. The van der Waals surface area contributed by atoms with E-state index < -0.39 is 11.4 Å². The minimum absolute atomic E-state index is 0.359. The summed E-state index contributed by atoms with van der Waals surface area (Å²) in [5.74, 6) is -0.0337. The Balaban J connectivity index is 1.79. The van der Waals surface area contributed by atoms with Crippen molar-refractivity contribution < 1.29 is 9.90 Å². The van der Waals surface area contributed by atoms with E-state index in [-0.39, 0.29) is 0 Å². The lowest BCUT2D eigenvalue weighted by atomic mass is 9.69. The first-order valence-electron chi connectivity index (χ1n) is 6.72. The first-order valence-corrected chi connectivity index (χ1v) is 6.72. The summed E-state index contributed by atoms with van der Waals surface area (Å²) in [7, 11) is 0. The van der Waals surface area contributed by atoms with Crippen LogP contribution in [0, 0.1) is 5.41 Å². The quantitative estimate of drug-likeness (QED) is 0.892. The zero-order valence-corrected chi connectivity index (χ0v) is 11.1. The number of carboxylic acids is 1. The molecule has 0 unspecified atom stereocenters. The second-order valence-electron chi connectivity index (χ2n) is 5.35. The summed E-state index contributed by atoms with van der Waals surface area (Å²) in [4.78, 5) is 11.4. The van der Waals surface area contributed by atoms with E-state index in [4.69, 9.17) is 0 Å². The fourth-order valence-corrected chi connectivity index (χ4v) is 2.58. The SMILES string of the molecule is O=C(O)C1(Cn2nnnc2Cc2ccccc2)CCC1. The minimum atomic E-state index is -0.745. The molecular weight excluding hydrogens is 256 g/mol. The lowest BCUT2D eigenvalue weighted by molar-refractivity contribution is -0.156. The van der Waals surface area contributed by atoms with Gasteiger partial charge in [0.2, 0.25) is 0 Å². The molecule has 0 atom stereocenters. The summed E-state index contributed by atoms with van der Waals surface area (Å²) < 4.78 is 1.64. The third-order valence-electron chi connectivity index (χ3n) is 4.03. The average Bonchev–Trinajstić information content (AvgIpc) is 2.82. The first-order chi connectivity index (χ1) is 9.70. The van der Waals surface area contributed by atoms with Gasteiger partial charge in [-0.2, -0.15) is 0 Å². The summed E-state index contributed by atoms with van der Waals surface area (Å²) in [5.41, 5.74) is 0.433. The molecule has 1 N–H and O–H groups in total. The molecule has 0 aliphatic heterocycles. The van der Waals surface area contributed by atoms with Gasteiger partial charge in [0.1, 0.15) is 0 Å². The highest BCUT2D eigenvalue weighted by Gasteiger charge is 2.45. The molecule has 0 amide bonds. The molecular formula is C14H16N4O2. The van der Waals surface area contributed by atoms with Crippen LogP contribution in [0.2, 0.25) is 0 Å². The van der Waals surface area contributed by atoms with Gasteiger partial charge in [0.25, 0.3) is 0 Å². The van der Waals surface area contributed by atoms with E-state index in [0.717, 1.165) is 12.0 Å². The van der Waals surface area contributed by atoms with Crippen LogP contribution in [-0.2, 0) is 17.8 Å². The number of nitrogens with zero attached hydrogens (tertiary/aromatic N) is 4. The second-order valence-corrected chi connectivity index (χ2v) is 5.35. The highest BCUT2D eigenvalue weighted by atomic mass is 16.4. The largest absolute Gasteiger partial charge is 0.481 e. The summed E-state index contributed by atoms with van der Waals surface area (Å²) >= 11 is 0. The van der Waals surface area contributed by atoms with Gasteiger partial charge in [0, 0.05) is 6.42 Å². The number of carboxylic acid groups (broad SMARTS) is 1. The van der Waals surface area contributed by atoms with E-state index in [0.29, 0.717) is 31.6 Å². The van der Waals surface area contributed by atoms with Crippen molar-refractivity contribution in [1.29, 1.82) is 0 Å². The van der Waals surface area contributed by atoms with Crippen LogP contribution in [0.3, 0.4) is 0 Å². The van der Waals surface area contributed by atoms with Crippen molar-refractivity contribution in [3.05, 3.63) is 41.7 Å². The molecule has 0 radical (unpaired) electrons. The molecule has 6 heteroatoms. The number of carbonyl (C=O) groups is 1. The van der Waals surface area contributed by atoms with Crippen molar-refractivity contribution >= 4 is 5.97 Å². The number of benzene rings is 1. The standard InChI is InChI=1S/C14H16N4O2/c19-13(20)14(7-4-8-14)10-18-12(15-16-17-18)9-11-5-2-1-3-6-11/h1-3,5-6H,4,7-10H2,(H,19,20). The van der Waals surface area contributed by atoms with Crippen LogP contribution in [0.1, 0.15) is 30.7 Å². The monoisotopic (exact) mass is 272 g/mol. The van der Waals surface area contributed by atoms with Crippen LogP contribution in [0.15, 0.2) is 30.3 Å². The van der Waals surface area contributed by atoms with E-state index in [1.807, 2.05) is 30.3 Å². The molecule has 1 heterocycles. The summed E-state index contributed by atoms with van der Waals surface area (Å²) in [5, 5.41) is 21.0. The fourth-order valence-electron chi connectivity index (χ4n) is 2.58. The molecule has 104 valence electrons. The van der Waals surface area contributed by atoms with Crippen LogP contribution in [0.25, 0.3) is 0 Å².